The molecule has 0 amide bonds. The van der Waals surface area contributed by atoms with E-state index in [2.05, 4.69) is 12.8 Å². The van der Waals surface area contributed by atoms with Gasteiger partial charge in [0, 0.05) is 0 Å². The molecular weight excluding hydrogens is 176 g/mol. The number of carboxylic acids is 1. The van der Waals surface area contributed by atoms with Crippen molar-refractivity contribution < 1.29 is 9.90 Å². The summed E-state index contributed by atoms with van der Waals surface area (Å²) < 4.78 is 0. The third-order valence-corrected chi connectivity index (χ3v) is 1.38. The molecule has 0 saturated heterocycles. The maximum Gasteiger partial charge on any atom is 0.335 e. The second-order valence-corrected chi connectivity index (χ2v) is 2.12. The van der Waals surface area contributed by atoms with E-state index in [1.807, 2.05) is 19.9 Å². The molecule has 2 nitrogen and oxygen atoms in total. The minimum atomic E-state index is -0.863. The van der Waals surface area contributed by atoms with E-state index in [4.69, 9.17) is 5.11 Å². The van der Waals surface area contributed by atoms with Crippen molar-refractivity contribution in [2.75, 3.05) is 0 Å². The number of carbonyl (C=O) groups is 1. The zero-order valence-corrected chi connectivity index (χ0v) is 8.82. The molecule has 1 rings (SSSR count). The maximum atomic E-state index is 10.4. The molecule has 0 aliphatic rings. The van der Waals surface area contributed by atoms with Gasteiger partial charge in [-0.05, 0) is 18.6 Å². The number of benzene rings is 1. The molecule has 0 aliphatic carbocycles. The van der Waals surface area contributed by atoms with Crippen LogP contribution in [-0.2, 0) is 0 Å². The highest BCUT2D eigenvalue weighted by molar-refractivity contribution is 5.89. The Labute approximate surface area is 85.6 Å². The quantitative estimate of drug-likeness (QED) is 0.694. The van der Waals surface area contributed by atoms with E-state index in [1.165, 1.54) is 0 Å². The van der Waals surface area contributed by atoms with Gasteiger partial charge < -0.3 is 5.11 Å². The van der Waals surface area contributed by atoms with Crippen molar-refractivity contribution in [2.24, 2.45) is 0 Å². The highest BCUT2D eigenvalue weighted by atomic mass is 16.4. The lowest BCUT2D eigenvalue weighted by Crippen LogP contribution is -1.97. The molecule has 1 aromatic rings. The smallest absolute Gasteiger partial charge is 0.335 e. The fraction of sp³-hybridized carbons (Fsp3) is 0.250. The number of aryl methyl sites for hydroxylation is 1. The second-order valence-electron chi connectivity index (χ2n) is 2.12. The molecule has 0 fully saturated rings. The van der Waals surface area contributed by atoms with Gasteiger partial charge in [-0.2, -0.15) is 0 Å². The van der Waals surface area contributed by atoms with Crippen LogP contribution < -0.4 is 0 Å². The lowest BCUT2D eigenvalue weighted by atomic mass is 10.1. The summed E-state index contributed by atoms with van der Waals surface area (Å²) in [6.07, 6.45) is 8.00. The number of rotatable bonds is 1. The van der Waals surface area contributed by atoms with E-state index in [9.17, 15) is 4.79 Å². The van der Waals surface area contributed by atoms with E-state index < -0.39 is 5.97 Å². The number of hydrogen-bond donors (Lipinski definition) is 1. The van der Waals surface area contributed by atoms with E-state index in [-0.39, 0.29) is 0 Å². The van der Waals surface area contributed by atoms with Crippen LogP contribution in [-0.4, -0.2) is 11.1 Å². The fourth-order valence-electron chi connectivity index (χ4n) is 0.813. The summed E-state index contributed by atoms with van der Waals surface area (Å²) in [5.74, 6) is -0.863. The fourth-order valence-corrected chi connectivity index (χ4v) is 0.813. The first-order valence-corrected chi connectivity index (χ1v) is 4.34. The summed E-state index contributed by atoms with van der Waals surface area (Å²) in [5, 5.41) is 8.57. The van der Waals surface area contributed by atoms with E-state index >= 15 is 0 Å². The molecule has 76 valence electrons. The van der Waals surface area contributed by atoms with Crippen LogP contribution in [0.25, 0.3) is 0 Å². The van der Waals surface area contributed by atoms with Crippen molar-refractivity contribution in [3.63, 3.8) is 0 Å². The lowest BCUT2D eigenvalue weighted by Gasteiger charge is -1.96. The lowest BCUT2D eigenvalue weighted by molar-refractivity contribution is 0.0696. The Kier molecular flexibility index (Phi) is 9.84. The molecule has 0 bridgehead atoms. The monoisotopic (exact) mass is 192 g/mol. The normalized spacial score (nSPS) is 7.21. The van der Waals surface area contributed by atoms with Gasteiger partial charge in [0.15, 0.2) is 0 Å². The van der Waals surface area contributed by atoms with Crippen LogP contribution in [0, 0.1) is 19.8 Å². The Morgan fingerprint density at radius 3 is 1.93 bits per heavy atom. The molecule has 0 radical (unpaired) electrons. The van der Waals surface area contributed by atoms with Crippen molar-refractivity contribution in [3.8, 4) is 12.8 Å². The Balaban J connectivity index is 0. The summed E-state index contributed by atoms with van der Waals surface area (Å²) in [4.78, 5) is 10.4. The average Bonchev–Trinajstić information content (AvgIpc) is 2.24. The van der Waals surface area contributed by atoms with Crippen molar-refractivity contribution in [2.45, 2.75) is 20.8 Å². The SMILES string of the molecule is C#C.CC.Cc1ccccc1C(=O)O. The Hall–Kier alpha value is -1.75. The number of hydrogen-bond acceptors (Lipinski definition) is 1. The summed E-state index contributed by atoms with van der Waals surface area (Å²) in [6.45, 7) is 5.78. The van der Waals surface area contributed by atoms with Gasteiger partial charge in [-0.1, -0.05) is 32.0 Å². The van der Waals surface area contributed by atoms with Crippen molar-refractivity contribution in [3.05, 3.63) is 35.4 Å². The minimum absolute atomic E-state index is 0.377. The van der Waals surface area contributed by atoms with Crippen LogP contribution in [0.2, 0.25) is 0 Å². The Morgan fingerprint density at radius 2 is 1.64 bits per heavy atom. The molecule has 1 N–H and O–H groups in total. The molecule has 0 aromatic heterocycles. The summed E-state index contributed by atoms with van der Waals surface area (Å²) in [6, 6.07) is 6.92. The molecule has 0 saturated carbocycles. The Bertz CT molecular complexity index is 287. The zero-order chi connectivity index (χ0) is 11.6. The molecular formula is C12H16O2. The first kappa shape index (κ1) is 14.8. The first-order chi connectivity index (χ1) is 6.72. The van der Waals surface area contributed by atoms with Gasteiger partial charge in [0.05, 0.1) is 5.56 Å². The topological polar surface area (TPSA) is 37.3 Å². The van der Waals surface area contributed by atoms with E-state index in [1.54, 1.807) is 25.1 Å². The predicted molar refractivity (Wildman–Crippen MR) is 59.4 cm³/mol. The molecule has 0 spiro atoms. The Morgan fingerprint density at radius 1 is 1.21 bits per heavy atom. The molecule has 2 heteroatoms. The highest BCUT2D eigenvalue weighted by Crippen LogP contribution is 2.05. The zero-order valence-electron chi connectivity index (χ0n) is 8.82. The van der Waals surface area contributed by atoms with Crippen LogP contribution in [0.1, 0.15) is 29.8 Å². The predicted octanol–water partition coefficient (Wildman–Crippen LogP) is 2.97. The summed E-state index contributed by atoms with van der Waals surface area (Å²) in [5.41, 5.74) is 1.18. The van der Waals surface area contributed by atoms with Crippen LogP contribution in [0.15, 0.2) is 24.3 Å². The molecule has 0 atom stereocenters. The van der Waals surface area contributed by atoms with Crippen LogP contribution >= 0.6 is 0 Å². The molecule has 1 aromatic carbocycles. The number of carboxylic acid groups (broad SMARTS) is 1. The van der Waals surface area contributed by atoms with Gasteiger partial charge in [0.2, 0.25) is 0 Å². The van der Waals surface area contributed by atoms with Gasteiger partial charge >= 0.3 is 5.97 Å². The van der Waals surface area contributed by atoms with Crippen molar-refractivity contribution >= 4 is 5.97 Å². The van der Waals surface area contributed by atoms with Gasteiger partial charge in [0.25, 0.3) is 0 Å². The van der Waals surface area contributed by atoms with Crippen LogP contribution in [0.3, 0.4) is 0 Å². The van der Waals surface area contributed by atoms with Crippen molar-refractivity contribution in [1.82, 2.24) is 0 Å². The van der Waals surface area contributed by atoms with Gasteiger partial charge in [-0.3, -0.25) is 0 Å². The third kappa shape index (κ3) is 5.00. The van der Waals surface area contributed by atoms with Gasteiger partial charge in [-0.15, -0.1) is 12.8 Å². The van der Waals surface area contributed by atoms with Gasteiger partial charge in [-0.25, -0.2) is 4.79 Å². The van der Waals surface area contributed by atoms with E-state index in [0.29, 0.717) is 5.56 Å². The summed E-state index contributed by atoms with van der Waals surface area (Å²) in [7, 11) is 0. The van der Waals surface area contributed by atoms with Crippen molar-refractivity contribution in [1.29, 1.82) is 0 Å². The van der Waals surface area contributed by atoms with Crippen LogP contribution in [0.4, 0.5) is 0 Å². The van der Waals surface area contributed by atoms with Gasteiger partial charge in [0.1, 0.15) is 0 Å². The summed E-state index contributed by atoms with van der Waals surface area (Å²) >= 11 is 0. The largest absolute Gasteiger partial charge is 0.478 e. The standard InChI is InChI=1S/C8H8O2.C2H6.C2H2/c1-6-4-2-3-5-7(6)8(9)10;2*1-2/h2-5H,1H3,(H,9,10);1-2H3;1-2H. The van der Waals surface area contributed by atoms with E-state index in [0.717, 1.165) is 5.56 Å². The molecule has 0 unspecified atom stereocenters. The number of aromatic carboxylic acids is 1. The average molecular weight is 192 g/mol. The van der Waals surface area contributed by atoms with Crippen LogP contribution in [0.5, 0.6) is 0 Å². The third-order valence-electron chi connectivity index (χ3n) is 1.38. The minimum Gasteiger partial charge on any atom is -0.478 e. The number of terminal acetylenes is 1. The molecule has 0 aliphatic heterocycles. The molecule has 0 heterocycles. The maximum absolute atomic E-state index is 10.4. The first-order valence-electron chi connectivity index (χ1n) is 4.34. The highest BCUT2D eigenvalue weighted by Gasteiger charge is 2.02. The molecule has 14 heavy (non-hydrogen) atoms. The second kappa shape index (κ2) is 9.34.